The normalized spacial score (nSPS) is 16.7. The summed E-state index contributed by atoms with van der Waals surface area (Å²) in [5.41, 5.74) is 2.59. The number of esters is 1. The molecule has 1 atom stereocenters. The fraction of sp³-hybridized carbons (Fsp3) is 0.158. The molecule has 0 fully saturated rings. The first-order chi connectivity index (χ1) is 12.2. The number of anilines is 1. The van der Waals surface area contributed by atoms with E-state index in [-0.39, 0.29) is 6.03 Å². The molecule has 0 aliphatic carbocycles. The molecule has 6 nitrogen and oxygen atoms in total. The summed E-state index contributed by atoms with van der Waals surface area (Å²) in [5, 5.41) is 8.72. The fourth-order valence-electron chi connectivity index (χ4n) is 2.75. The van der Waals surface area contributed by atoms with E-state index in [9.17, 15) is 9.59 Å². The van der Waals surface area contributed by atoms with Crippen LogP contribution >= 0.6 is 0 Å². The van der Waals surface area contributed by atoms with Gasteiger partial charge >= 0.3 is 12.0 Å². The highest BCUT2D eigenvalue weighted by Crippen LogP contribution is 2.27. The second kappa shape index (κ2) is 7.53. The van der Waals surface area contributed by atoms with E-state index in [0.29, 0.717) is 17.8 Å². The molecule has 25 heavy (non-hydrogen) atoms. The molecule has 0 radical (unpaired) electrons. The topological polar surface area (TPSA) is 79.5 Å². The molecule has 0 aromatic heterocycles. The van der Waals surface area contributed by atoms with Crippen LogP contribution in [0.2, 0.25) is 0 Å². The Balaban J connectivity index is 1.95. The van der Waals surface area contributed by atoms with E-state index < -0.39 is 12.0 Å². The zero-order valence-electron chi connectivity index (χ0n) is 13.8. The van der Waals surface area contributed by atoms with Crippen LogP contribution in [0.4, 0.5) is 10.5 Å². The van der Waals surface area contributed by atoms with Gasteiger partial charge in [0.25, 0.3) is 0 Å². The minimum atomic E-state index is -0.560. The van der Waals surface area contributed by atoms with Gasteiger partial charge in [0.2, 0.25) is 0 Å². The second-order valence-electron chi connectivity index (χ2n) is 5.55. The van der Waals surface area contributed by atoms with Crippen LogP contribution in [-0.2, 0) is 9.53 Å². The van der Waals surface area contributed by atoms with Crippen LogP contribution in [0, 0.1) is 0 Å². The van der Waals surface area contributed by atoms with E-state index in [4.69, 9.17) is 4.74 Å². The molecule has 128 valence electrons. The first-order valence-corrected chi connectivity index (χ1v) is 7.92. The number of rotatable bonds is 5. The molecule has 1 unspecified atom stereocenters. The summed E-state index contributed by atoms with van der Waals surface area (Å²) in [5.74, 6) is -0.480. The van der Waals surface area contributed by atoms with Crippen LogP contribution < -0.4 is 16.0 Å². The van der Waals surface area contributed by atoms with Crippen molar-refractivity contribution in [2.24, 2.45) is 0 Å². The van der Waals surface area contributed by atoms with Gasteiger partial charge in [-0.3, -0.25) is 0 Å². The van der Waals surface area contributed by atoms with Crippen LogP contribution in [0.15, 0.2) is 71.9 Å². The molecule has 3 rings (SSSR count). The smallest absolute Gasteiger partial charge is 0.338 e. The Hall–Kier alpha value is -3.28. The number of carbonyl (C=O) groups excluding carboxylic acids is 2. The van der Waals surface area contributed by atoms with E-state index in [1.54, 1.807) is 0 Å². The summed E-state index contributed by atoms with van der Waals surface area (Å²) in [6.45, 7) is 0.297. The third kappa shape index (κ3) is 3.80. The predicted octanol–water partition coefficient (Wildman–Crippen LogP) is 2.58. The summed E-state index contributed by atoms with van der Waals surface area (Å²) in [6, 6.07) is 18.0. The zero-order valence-corrected chi connectivity index (χ0v) is 13.8. The van der Waals surface area contributed by atoms with E-state index >= 15 is 0 Å². The third-order valence-corrected chi connectivity index (χ3v) is 3.93. The van der Waals surface area contributed by atoms with Crippen molar-refractivity contribution in [1.29, 1.82) is 0 Å². The molecule has 2 aromatic carbocycles. The maximum Gasteiger partial charge on any atom is 0.338 e. The Morgan fingerprint density at radius 1 is 1.08 bits per heavy atom. The SMILES string of the molecule is COC(=O)C1=C(CNc2ccccc2)NC(=O)NC1c1ccccc1. The van der Waals surface area contributed by atoms with Crippen LogP contribution in [-0.4, -0.2) is 25.7 Å². The van der Waals surface area contributed by atoms with Crippen molar-refractivity contribution in [3.8, 4) is 0 Å². The lowest BCUT2D eigenvalue weighted by Crippen LogP contribution is -2.47. The lowest BCUT2D eigenvalue weighted by molar-refractivity contribution is -0.136. The monoisotopic (exact) mass is 337 g/mol. The maximum absolute atomic E-state index is 12.4. The van der Waals surface area contributed by atoms with Crippen molar-refractivity contribution in [3.05, 3.63) is 77.5 Å². The Morgan fingerprint density at radius 3 is 2.36 bits per heavy atom. The molecule has 0 saturated heterocycles. The largest absolute Gasteiger partial charge is 0.466 e. The molecule has 1 aliphatic heterocycles. The van der Waals surface area contributed by atoms with Crippen molar-refractivity contribution in [3.63, 3.8) is 0 Å². The number of hydrogen-bond donors (Lipinski definition) is 3. The van der Waals surface area contributed by atoms with Crippen molar-refractivity contribution < 1.29 is 14.3 Å². The summed E-state index contributed by atoms with van der Waals surface area (Å²) in [4.78, 5) is 24.5. The Kier molecular flexibility index (Phi) is 4.99. The van der Waals surface area contributed by atoms with Crippen molar-refractivity contribution in [2.45, 2.75) is 6.04 Å². The average Bonchev–Trinajstić information content (AvgIpc) is 2.67. The number of methoxy groups -OCH3 is 1. The van der Waals surface area contributed by atoms with Gasteiger partial charge in [-0.05, 0) is 17.7 Å². The minimum absolute atomic E-state index is 0.297. The molecule has 1 aliphatic rings. The van der Waals surface area contributed by atoms with Gasteiger partial charge in [0, 0.05) is 5.69 Å². The van der Waals surface area contributed by atoms with E-state index in [1.807, 2.05) is 60.7 Å². The van der Waals surface area contributed by atoms with Gasteiger partial charge in [0.1, 0.15) is 0 Å². The average molecular weight is 337 g/mol. The second-order valence-corrected chi connectivity index (χ2v) is 5.55. The Morgan fingerprint density at radius 2 is 1.72 bits per heavy atom. The van der Waals surface area contributed by atoms with Crippen LogP contribution in [0.25, 0.3) is 0 Å². The minimum Gasteiger partial charge on any atom is -0.466 e. The highest BCUT2D eigenvalue weighted by Gasteiger charge is 2.33. The number of ether oxygens (including phenoxy) is 1. The summed E-state index contributed by atoms with van der Waals surface area (Å²) < 4.78 is 4.94. The van der Waals surface area contributed by atoms with Crippen molar-refractivity contribution >= 4 is 17.7 Å². The molecule has 2 amide bonds. The molecule has 0 saturated carbocycles. The van der Waals surface area contributed by atoms with Crippen molar-refractivity contribution in [2.75, 3.05) is 19.0 Å². The summed E-state index contributed by atoms with van der Waals surface area (Å²) in [6.07, 6.45) is 0. The number of urea groups is 1. The van der Waals surface area contributed by atoms with Gasteiger partial charge in [-0.25, -0.2) is 9.59 Å². The third-order valence-electron chi connectivity index (χ3n) is 3.93. The summed E-state index contributed by atoms with van der Waals surface area (Å²) >= 11 is 0. The number of carbonyl (C=O) groups is 2. The van der Waals surface area contributed by atoms with Gasteiger partial charge in [0.15, 0.2) is 0 Å². The molecule has 2 aromatic rings. The first kappa shape index (κ1) is 16.6. The summed E-state index contributed by atoms with van der Waals surface area (Å²) in [7, 11) is 1.33. The number of hydrogen-bond acceptors (Lipinski definition) is 4. The zero-order chi connectivity index (χ0) is 17.6. The van der Waals surface area contributed by atoms with Gasteiger partial charge in [0.05, 0.1) is 31.0 Å². The number of amides is 2. The van der Waals surface area contributed by atoms with Crippen molar-refractivity contribution in [1.82, 2.24) is 10.6 Å². The molecule has 6 heteroatoms. The first-order valence-electron chi connectivity index (χ1n) is 7.92. The molecule has 1 heterocycles. The van der Waals surface area contributed by atoms with Gasteiger partial charge in [-0.15, -0.1) is 0 Å². The van der Waals surface area contributed by atoms with E-state index in [1.165, 1.54) is 7.11 Å². The van der Waals surface area contributed by atoms with Crippen LogP contribution in [0.1, 0.15) is 11.6 Å². The standard InChI is InChI=1S/C19H19N3O3/c1-25-18(23)16-15(12-20-14-10-6-3-7-11-14)21-19(24)22-17(16)13-8-4-2-5-9-13/h2-11,17,20H,12H2,1H3,(H2,21,22,24). The van der Waals surface area contributed by atoms with Crippen LogP contribution in [0.3, 0.4) is 0 Å². The van der Waals surface area contributed by atoms with Gasteiger partial charge in [-0.1, -0.05) is 48.5 Å². The fourth-order valence-corrected chi connectivity index (χ4v) is 2.75. The predicted molar refractivity (Wildman–Crippen MR) is 94.8 cm³/mol. The lowest BCUT2D eigenvalue weighted by atomic mass is 9.95. The number of nitrogens with one attached hydrogen (secondary N) is 3. The molecular formula is C19H19N3O3. The van der Waals surface area contributed by atoms with Gasteiger partial charge < -0.3 is 20.7 Å². The molecule has 0 spiro atoms. The maximum atomic E-state index is 12.4. The Labute approximate surface area is 145 Å². The van der Waals surface area contributed by atoms with Gasteiger partial charge in [-0.2, -0.15) is 0 Å². The van der Waals surface area contributed by atoms with E-state index in [0.717, 1.165) is 11.3 Å². The molecule has 0 bridgehead atoms. The van der Waals surface area contributed by atoms with E-state index in [2.05, 4.69) is 16.0 Å². The van der Waals surface area contributed by atoms with Crippen LogP contribution in [0.5, 0.6) is 0 Å². The molecular weight excluding hydrogens is 318 g/mol. The number of para-hydroxylation sites is 1. The lowest BCUT2D eigenvalue weighted by Gasteiger charge is -2.29. The quantitative estimate of drug-likeness (QED) is 0.733. The molecule has 3 N–H and O–H groups in total. The highest BCUT2D eigenvalue weighted by atomic mass is 16.5. The highest BCUT2D eigenvalue weighted by molar-refractivity contribution is 5.95. The number of benzene rings is 2. The Bertz CT molecular complexity index is 788.